The molecular formula is C18H11Cl2F3O. The molecule has 0 amide bonds. The molecule has 1 N–H and O–H groups in total. The standard InChI is InChI=1S/C18H11Cl2F3O/c19-15-7-2-12(3-8-15)1-6-14(17(24)18(21,22)23)11-13-4-9-16(20)10-5-13/h2-5,7-11,17,24H/b14-11+. The predicted molar refractivity (Wildman–Crippen MR) is 89.8 cm³/mol. The Labute approximate surface area is 147 Å². The topological polar surface area (TPSA) is 20.2 Å². The molecule has 0 aromatic heterocycles. The molecule has 124 valence electrons. The summed E-state index contributed by atoms with van der Waals surface area (Å²) in [4.78, 5) is 0. The quantitative estimate of drug-likeness (QED) is 0.706. The van der Waals surface area contributed by atoms with Crippen molar-refractivity contribution < 1.29 is 18.3 Å². The molecule has 0 spiro atoms. The van der Waals surface area contributed by atoms with Crippen LogP contribution in [0.4, 0.5) is 13.2 Å². The first-order valence-electron chi connectivity index (χ1n) is 6.75. The Morgan fingerprint density at radius 1 is 0.958 bits per heavy atom. The summed E-state index contributed by atoms with van der Waals surface area (Å²) < 4.78 is 38.5. The number of alkyl halides is 3. The summed E-state index contributed by atoms with van der Waals surface area (Å²) in [5.41, 5.74) is 0.471. The lowest BCUT2D eigenvalue weighted by molar-refractivity contribution is -0.189. The molecule has 1 atom stereocenters. The average Bonchev–Trinajstić information content (AvgIpc) is 2.53. The first-order chi connectivity index (χ1) is 11.3. The van der Waals surface area contributed by atoms with Crippen LogP contribution in [0.5, 0.6) is 0 Å². The van der Waals surface area contributed by atoms with Gasteiger partial charge in [0.15, 0.2) is 6.10 Å². The van der Waals surface area contributed by atoms with Gasteiger partial charge in [-0.3, -0.25) is 0 Å². The fourth-order valence-corrected chi connectivity index (χ4v) is 2.03. The van der Waals surface area contributed by atoms with Gasteiger partial charge in [-0.1, -0.05) is 47.2 Å². The highest BCUT2D eigenvalue weighted by atomic mass is 35.5. The Morgan fingerprint density at radius 2 is 1.46 bits per heavy atom. The van der Waals surface area contributed by atoms with E-state index in [2.05, 4.69) is 11.8 Å². The van der Waals surface area contributed by atoms with Crippen molar-refractivity contribution in [1.82, 2.24) is 0 Å². The van der Waals surface area contributed by atoms with Gasteiger partial charge in [0.2, 0.25) is 0 Å². The zero-order chi connectivity index (χ0) is 17.7. The third-order valence-electron chi connectivity index (χ3n) is 2.99. The number of rotatable bonds is 2. The van der Waals surface area contributed by atoms with E-state index in [9.17, 15) is 18.3 Å². The van der Waals surface area contributed by atoms with Crippen LogP contribution < -0.4 is 0 Å². The van der Waals surface area contributed by atoms with Crippen molar-refractivity contribution in [2.75, 3.05) is 0 Å². The van der Waals surface area contributed by atoms with E-state index < -0.39 is 17.9 Å². The Morgan fingerprint density at radius 3 is 1.96 bits per heavy atom. The van der Waals surface area contributed by atoms with Crippen LogP contribution in [0.1, 0.15) is 11.1 Å². The fourth-order valence-electron chi connectivity index (χ4n) is 1.78. The lowest BCUT2D eigenvalue weighted by atomic mass is 10.0. The molecule has 0 heterocycles. The molecule has 6 heteroatoms. The summed E-state index contributed by atoms with van der Waals surface area (Å²) in [6, 6.07) is 12.5. The molecular weight excluding hydrogens is 360 g/mol. The number of benzene rings is 2. The van der Waals surface area contributed by atoms with Crippen molar-refractivity contribution in [3.63, 3.8) is 0 Å². The Hall–Kier alpha value is -1.93. The Balaban J connectivity index is 2.40. The van der Waals surface area contributed by atoms with Gasteiger partial charge in [0.05, 0.1) is 0 Å². The number of hydrogen-bond acceptors (Lipinski definition) is 1. The highest BCUT2D eigenvalue weighted by Gasteiger charge is 2.40. The molecule has 24 heavy (non-hydrogen) atoms. The molecule has 2 rings (SSSR count). The van der Waals surface area contributed by atoms with E-state index in [1.807, 2.05) is 0 Å². The first-order valence-corrected chi connectivity index (χ1v) is 7.51. The van der Waals surface area contributed by atoms with E-state index in [1.165, 1.54) is 30.3 Å². The summed E-state index contributed by atoms with van der Waals surface area (Å²) in [5, 5.41) is 10.5. The van der Waals surface area contributed by atoms with Gasteiger partial charge < -0.3 is 5.11 Å². The van der Waals surface area contributed by atoms with Crippen molar-refractivity contribution in [2.24, 2.45) is 0 Å². The average molecular weight is 371 g/mol. The zero-order valence-electron chi connectivity index (χ0n) is 12.1. The summed E-state index contributed by atoms with van der Waals surface area (Å²) >= 11 is 11.5. The minimum atomic E-state index is -4.81. The van der Waals surface area contributed by atoms with Gasteiger partial charge >= 0.3 is 6.18 Å². The molecule has 0 radical (unpaired) electrons. The van der Waals surface area contributed by atoms with Crippen LogP contribution in [-0.2, 0) is 0 Å². The Bertz CT molecular complexity index is 782. The van der Waals surface area contributed by atoms with Crippen LogP contribution in [0.3, 0.4) is 0 Å². The second-order valence-corrected chi connectivity index (χ2v) is 5.73. The van der Waals surface area contributed by atoms with E-state index in [1.54, 1.807) is 24.3 Å². The van der Waals surface area contributed by atoms with Gasteiger partial charge in [0.25, 0.3) is 0 Å². The Kier molecular flexibility index (Phi) is 5.95. The first kappa shape index (κ1) is 18.4. The minimum Gasteiger partial charge on any atom is -0.379 e. The summed E-state index contributed by atoms with van der Waals surface area (Å²) in [6.07, 6.45) is -6.31. The van der Waals surface area contributed by atoms with Crippen molar-refractivity contribution in [3.05, 3.63) is 75.3 Å². The molecule has 0 aliphatic carbocycles. The molecule has 2 aromatic carbocycles. The molecule has 0 saturated carbocycles. The number of aliphatic hydroxyl groups excluding tert-OH is 1. The third-order valence-corrected chi connectivity index (χ3v) is 3.50. The second kappa shape index (κ2) is 7.76. The summed E-state index contributed by atoms with van der Waals surface area (Å²) in [6.45, 7) is 0. The molecule has 1 unspecified atom stereocenters. The SMILES string of the molecule is OC(/C(C#Cc1ccc(Cl)cc1)=C/c1ccc(Cl)cc1)C(F)(F)F. The van der Waals surface area contributed by atoms with Gasteiger partial charge in [-0.2, -0.15) is 13.2 Å². The van der Waals surface area contributed by atoms with Crippen molar-refractivity contribution in [3.8, 4) is 11.8 Å². The monoisotopic (exact) mass is 370 g/mol. The van der Waals surface area contributed by atoms with E-state index in [4.69, 9.17) is 23.2 Å². The van der Waals surface area contributed by atoms with Crippen molar-refractivity contribution in [1.29, 1.82) is 0 Å². The molecule has 0 aliphatic heterocycles. The maximum absolute atomic E-state index is 12.8. The van der Waals surface area contributed by atoms with E-state index >= 15 is 0 Å². The minimum absolute atomic E-state index is 0.447. The fraction of sp³-hybridized carbons (Fsp3) is 0.111. The smallest absolute Gasteiger partial charge is 0.379 e. The van der Waals surface area contributed by atoms with Crippen LogP contribution in [0, 0.1) is 11.8 Å². The van der Waals surface area contributed by atoms with Crippen LogP contribution in [-0.4, -0.2) is 17.4 Å². The second-order valence-electron chi connectivity index (χ2n) is 4.85. The van der Waals surface area contributed by atoms with Crippen LogP contribution >= 0.6 is 23.2 Å². The molecule has 0 fully saturated rings. The normalized spacial score (nSPS) is 13.2. The van der Waals surface area contributed by atoms with Gasteiger partial charge in [-0.15, -0.1) is 0 Å². The van der Waals surface area contributed by atoms with Crippen molar-refractivity contribution >= 4 is 29.3 Å². The summed E-state index contributed by atoms with van der Waals surface area (Å²) in [5.74, 6) is 4.98. The summed E-state index contributed by atoms with van der Waals surface area (Å²) in [7, 11) is 0. The van der Waals surface area contributed by atoms with E-state index in [0.29, 0.717) is 21.2 Å². The zero-order valence-corrected chi connectivity index (χ0v) is 13.6. The van der Waals surface area contributed by atoms with Gasteiger partial charge in [-0.05, 0) is 48.0 Å². The number of hydrogen-bond donors (Lipinski definition) is 1. The van der Waals surface area contributed by atoms with Gasteiger partial charge in [0.1, 0.15) is 0 Å². The van der Waals surface area contributed by atoms with Crippen LogP contribution in [0.25, 0.3) is 6.08 Å². The largest absolute Gasteiger partial charge is 0.419 e. The molecule has 0 saturated heterocycles. The van der Waals surface area contributed by atoms with Gasteiger partial charge in [0, 0.05) is 21.2 Å². The van der Waals surface area contributed by atoms with Crippen LogP contribution in [0.2, 0.25) is 10.0 Å². The van der Waals surface area contributed by atoms with Crippen LogP contribution in [0.15, 0.2) is 54.1 Å². The lowest BCUT2D eigenvalue weighted by Crippen LogP contribution is -2.29. The third kappa shape index (κ3) is 5.31. The highest BCUT2D eigenvalue weighted by molar-refractivity contribution is 6.30. The maximum Gasteiger partial charge on any atom is 0.419 e. The molecule has 2 aromatic rings. The molecule has 0 bridgehead atoms. The highest BCUT2D eigenvalue weighted by Crippen LogP contribution is 2.26. The molecule has 0 aliphatic rings. The molecule has 1 nitrogen and oxygen atoms in total. The van der Waals surface area contributed by atoms with Crippen molar-refractivity contribution in [2.45, 2.75) is 12.3 Å². The lowest BCUT2D eigenvalue weighted by Gasteiger charge is -2.14. The van der Waals surface area contributed by atoms with E-state index in [0.717, 1.165) is 0 Å². The van der Waals surface area contributed by atoms with E-state index in [-0.39, 0.29) is 0 Å². The maximum atomic E-state index is 12.8. The predicted octanol–water partition coefficient (Wildman–Crippen LogP) is 5.35. The number of aliphatic hydroxyl groups is 1. The number of halogens is 5. The van der Waals surface area contributed by atoms with Gasteiger partial charge in [-0.25, -0.2) is 0 Å².